The van der Waals surface area contributed by atoms with Gasteiger partial charge in [0.1, 0.15) is 34.4 Å². The van der Waals surface area contributed by atoms with Crippen LogP contribution in [-0.4, -0.2) is 6.10 Å². The van der Waals surface area contributed by atoms with E-state index in [1.165, 1.54) is 33.4 Å². The average molecular weight is 747 g/mol. The zero-order valence-corrected chi connectivity index (χ0v) is 31.3. The molecule has 274 valence electrons. The molecule has 0 amide bonds. The summed E-state index contributed by atoms with van der Waals surface area (Å²) in [6, 6.07) is 53.7. The van der Waals surface area contributed by atoms with Gasteiger partial charge in [0, 0.05) is 38.8 Å². The third-order valence-corrected chi connectivity index (χ3v) is 12.6. The maximum absolute atomic E-state index is 6.70. The molecule has 4 atom stereocenters. The number of fused-ring (bicyclic) bond motifs is 13. The molecular formula is C54H34O4. The Morgan fingerprint density at radius 2 is 0.948 bits per heavy atom. The van der Waals surface area contributed by atoms with Crippen molar-refractivity contribution in [1.82, 2.24) is 0 Å². The highest BCUT2D eigenvalue weighted by Gasteiger charge is 2.40. The first kappa shape index (κ1) is 31.9. The standard InChI is InChI=1S/C54H34O4/c1-3-7-31(8-4-1)33-11-19-47-43(25-33)45-29-37(13-21-49(45)55-47)35-15-23-51-41(27-35)39-17-18-40-42-28-36(16-24-52(42)58-54(40)53(39)57-51)38-14-22-50-46(30-38)44-26-34(12-20-48(44)56-50)32-9-5-2-6-10-32/h1-30,39,44,48,53H. The van der Waals surface area contributed by atoms with Gasteiger partial charge in [-0.1, -0.05) is 115 Å². The fraction of sp³-hybridized carbons (Fsp3) is 0.0741. The van der Waals surface area contributed by atoms with E-state index in [0.717, 1.165) is 78.0 Å². The van der Waals surface area contributed by atoms with Crippen molar-refractivity contribution in [3.63, 3.8) is 0 Å². The lowest BCUT2D eigenvalue weighted by Crippen LogP contribution is -2.16. The van der Waals surface area contributed by atoms with Gasteiger partial charge in [-0.3, -0.25) is 0 Å². The topological polar surface area (TPSA) is 44.7 Å². The fourth-order valence-corrected chi connectivity index (χ4v) is 9.66. The van der Waals surface area contributed by atoms with Crippen LogP contribution in [0.1, 0.15) is 46.0 Å². The maximum Gasteiger partial charge on any atom is 0.167 e. The highest BCUT2D eigenvalue weighted by Crippen LogP contribution is 2.53. The molecule has 58 heavy (non-hydrogen) atoms. The van der Waals surface area contributed by atoms with E-state index in [1.807, 2.05) is 6.07 Å². The van der Waals surface area contributed by atoms with Crippen LogP contribution in [0.5, 0.6) is 11.5 Å². The Morgan fingerprint density at radius 3 is 1.64 bits per heavy atom. The summed E-state index contributed by atoms with van der Waals surface area (Å²) in [5, 5.41) is 3.33. The van der Waals surface area contributed by atoms with Crippen molar-refractivity contribution in [3.8, 4) is 44.9 Å². The van der Waals surface area contributed by atoms with Crippen LogP contribution in [0, 0.1) is 0 Å². The van der Waals surface area contributed by atoms with Crippen LogP contribution in [0.25, 0.3) is 77.9 Å². The van der Waals surface area contributed by atoms with E-state index in [-0.39, 0.29) is 24.0 Å². The van der Waals surface area contributed by atoms with Crippen molar-refractivity contribution in [2.45, 2.75) is 24.0 Å². The van der Waals surface area contributed by atoms with E-state index in [2.05, 4.69) is 176 Å². The summed E-state index contributed by atoms with van der Waals surface area (Å²) in [5.74, 6) is 2.97. The van der Waals surface area contributed by atoms with Crippen LogP contribution in [0.15, 0.2) is 185 Å². The second kappa shape index (κ2) is 12.1. The largest absolute Gasteiger partial charge is 0.485 e. The molecule has 4 unspecified atom stereocenters. The monoisotopic (exact) mass is 746 g/mol. The minimum atomic E-state index is -0.225. The Morgan fingerprint density at radius 1 is 0.397 bits per heavy atom. The van der Waals surface area contributed by atoms with Gasteiger partial charge >= 0.3 is 0 Å². The minimum Gasteiger partial charge on any atom is -0.485 e. The van der Waals surface area contributed by atoms with E-state index in [0.29, 0.717) is 0 Å². The molecule has 0 saturated heterocycles. The molecule has 0 N–H and O–H groups in total. The first-order chi connectivity index (χ1) is 28.7. The van der Waals surface area contributed by atoms with Crippen LogP contribution in [0.4, 0.5) is 0 Å². The highest BCUT2D eigenvalue weighted by atomic mass is 16.5. The van der Waals surface area contributed by atoms with Crippen molar-refractivity contribution >= 4 is 44.6 Å². The second-order valence-electron chi connectivity index (χ2n) is 15.9. The molecule has 0 spiro atoms. The van der Waals surface area contributed by atoms with Gasteiger partial charge in [0.15, 0.2) is 11.9 Å². The van der Waals surface area contributed by atoms with Gasteiger partial charge in [-0.05, 0) is 111 Å². The molecule has 4 nitrogen and oxygen atoms in total. The maximum atomic E-state index is 6.70. The Kier molecular flexibility index (Phi) is 6.65. The number of allylic oxidation sites excluding steroid dienone is 2. The molecule has 0 saturated carbocycles. The average Bonchev–Trinajstić information content (AvgIpc) is 4.05. The molecule has 4 heterocycles. The van der Waals surface area contributed by atoms with Gasteiger partial charge < -0.3 is 18.3 Å². The summed E-state index contributed by atoms with van der Waals surface area (Å²) in [6.07, 6.45) is 11.1. The molecule has 2 aliphatic carbocycles. The molecule has 0 fully saturated rings. The molecule has 2 aliphatic heterocycles. The molecule has 0 radical (unpaired) electrons. The van der Waals surface area contributed by atoms with Crippen LogP contribution in [-0.2, 0) is 0 Å². The Balaban J connectivity index is 0.815. The van der Waals surface area contributed by atoms with Gasteiger partial charge in [0.05, 0.1) is 5.92 Å². The third-order valence-electron chi connectivity index (χ3n) is 12.6. The molecule has 7 aromatic carbocycles. The summed E-state index contributed by atoms with van der Waals surface area (Å²) in [4.78, 5) is 0. The second-order valence-corrected chi connectivity index (χ2v) is 15.9. The Bertz CT molecular complexity index is 3250. The van der Waals surface area contributed by atoms with Gasteiger partial charge in [0.25, 0.3) is 0 Å². The fourth-order valence-electron chi connectivity index (χ4n) is 9.66. The summed E-state index contributed by atoms with van der Waals surface area (Å²) >= 11 is 0. The van der Waals surface area contributed by atoms with E-state index in [1.54, 1.807) is 0 Å². The third kappa shape index (κ3) is 4.81. The molecule has 13 rings (SSSR count). The van der Waals surface area contributed by atoms with Gasteiger partial charge in [-0.2, -0.15) is 0 Å². The van der Waals surface area contributed by atoms with Crippen LogP contribution >= 0.6 is 0 Å². The van der Waals surface area contributed by atoms with E-state index in [4.69, 9.17) is 18.3 Å². The van der Waals surface area contributed by atoms with Crippen molar-refractivity contribution in [1.29, 1.82) is 0 Å². The normalized spacial score (nSPS) is 19.6. The SMILES string of the molecule is C1=CC2Oc3ccc(-c4ccc5oc6c(c5c4)C=CC4c5cc(-c7ccc8oc9ccc(-c%10ccccc%10)cc9c8c7)ccc5OC64)cc3C2C=C1c1ccccc1. The predicted octanol–water partition coefficient (Wildman–Crippen LogP) is 14.1. The highest BCUT2D eigenvalue weighted by molar-refractivity contribution is 6.07. The zero-order chi connectivity index (χ0) is 37.9. The van der Waals surface area contributed by atoms with Crippen molar-refractivity contribution < 1.29 is 18.3 Å². The number of hydrogen-bond acceptors (Lipinski definition) is 4. The van der Waals surface area contributed by atoms with Crippen molar-refractivity contribution in [2.75, 3.05) is 0 Å². The lowest BCUT2D eigenvalue weighted by atomic mass is 9.85. The van der Waals surface area contributed by atoms with E-state index in [9.17, 15) is 0 Å². The van der Waals surface area contributed by atoms with Gasteiger partial charge in [0.2, 0.25) is 0 Å². The molecule has 9 aromatic rings. The molecule has 4 heteroatoms. The summed E-state index contributed by atoms with van der Waals surface area (Å²) in [7, 11) is 0. The predicted molar refractivity (Wildman–Crippen MR) is 232 cm³/mol. The quantitative estimate of drug-likeness (QED) is 0.180. The Labute approximate surface area is 334 Å². The van der Waals surface area contributed by atoms with Crippen LogP contribution in [0.2, 0.25) is 0 Å². The summed E-state index contributed by atoms with van der Waals surface area (Å²) < 4.78 is 26.0. The van der Waals surface area contributed by atoms with Crippen molar-refractivity contribution in [3.05, 3.63) is 204 Å². The molecule has 4 aliphatic rings. The lowest BCUT2D eigenvalue weighted by molar-refractivity contribution is 0.193. The molecule has 2 aromatic heterocycles. The summed E-state index contributed by atoms with van der Waals surface area (Å²) in [6.45, 7) is 0. The van der Waals surface area contributed by atoms with Crippen LogP contribution < -0.4 is 9.47 Å². The van der Waals surface area contributed by atoms with E-state index < -0.39 is 0 Å². The first-order valence-corrected chi connectivity index (χ1v) is 20.0. The Hall–Kier alpha value is -7.30. The van der Waals surface area contributed by atoms with E-state index >= 15 is 0 Å². The first-order valence-electron chi connectivity index (χ1n) is 20.0. The summed E-state index contributed by atoms with van der Waals surface area (Å²) in [5.41, 5.74) is 15.6. The van der Waals surface area contributed by atoms with Crippen LogP contribution in [0.3, 0.4) is 0 Å². The zero-order valence-electron chi connectivity index (χ0n) is 31.3. The minimum absolute atomic E-state index is 0.0139. The lowest BCUT2D eigenvalue weighted by Gasteiger charge is -2.19. The number of hydrogen-bond donors (Lipinski definition) is 0. The number of furan rings is 2. The molecular weight excluding hydrogens is 713 g/mol. The van der Waals surface area contributed by atoms with Gasteiger partial charge in [-0.15, -0.1) is 0 Å². The number of rotatable bonds is 4. The van der Waals surface area contributed by atoms with Crippen molar-refractivity contribution in [2.24, 2.45) is 0 Å². The number of ether oxygens (including phenoxy) is 2. The number of benzene rings is 7. The smallest absolute Gasteiger partial charge is 0.167 e. The molecule has 0 bridgehead atoms. The van der Waals surface area contributed by atoms with Gasteiger partial charge in [-0.25, -0.2) is 0 Å².